The number of benzene rings is 1. The van der Waals surface area contributed by atoms with Crippen molar-refractivity contribution in [3.8, 4) is 0 Å². The third-order valence-electron chi connectivity index (χ3n) is 4.31. The fourth-order valence-electron chi connectivity index (χ4n) is 3.12. The fourth-order valence-corrected chi connectivity index (χ4v) is 3.33. The number of hydrogen-bond donors (Lipinski definition) is 0. The SMILES string of the molecule is COCCN1C(=O)CO[C@H]2CN(C(=O)c3ccccc3Cl)C[C@@H]21. The van der Waals surface area contributed by atoms with Crippen molar-refractivity contribution in [3.05, 3.63) is 34.9 Å². The number of methoxy groups -OCH3 is 1. The molecule has 0 radical (unpaired) electrons. The van der Waals surface area contributed by atoms with Crippen LogP contribution in [0.4, 0.5) is 0 Å². The van der Waals surface area contributed by atoms with Gasteiger partial charge in [0, 0.05) is 26.7 Å². The average molecular weight is 339 g/mol. The van der Waals surface area contributed by atoms with Crippen LogP contribution in [-0.2, 0) is 14.3 Å². The Morgan fingerprint density at radius 2 is 2.17 bits per heavy atom. The predicted molar refractivity (Wildman–Crippen MR) is 84.5 cm³/mol. The zero-order valence-electron chi connectivity index (χ0n) is 12.9. The van der Waals surface area contributed by atoms with E-state index in [0.717, 1.165) is 0 Å². The van der Waals surface area contributed by atoms with Gasteiger partial charge in [0.2, 0.25) is 5.91 Å². The zero-order valence-corrected chi connectivity index (χ0v) is 13.7. The summed E-state index contributed by atoms with van der Waals surface area (Å²) in [5, 5.41) is 0.431. The Kier molecular flexibility index (Phi) is 4.84. The average Bonchev–Trinajstić information content (AvgIpc) is 2.98. The molecule has 0 N–H and O–H groups in total. The van der Waals surface area contributed by atoms with Gasteiger partial charge < -0.3 is 19.3 Å². The maximum Gasteiger partial charge on any atom is 0.255 e. The second-order valence-corrected chi connectivity index (χ2v) is 6.09. The van der Waals surface area contributed by atoms with E-state index >= 15 is 0 Å². The van der Waals surface area contributed by atoms with Gasteiger partial charge in [0.15, 0.2) is 0 Å². The second-order valence-electron chi connectivity index (χ2n) is 5.69. The first-order chi connectivity index (χ1) is 11.1. The number of fused-ring (bicyclic) bond motifs is 1. The third-order valence-corrected chi connectivity index (χ3v) is 4.64. The van der Waals surface area contributed by atoms with Crippen LogP contribution in [0, 0.1) is 0 Å². The monoisotopic (exact) mass is 338 g/mol. The van der Waals surface area contributed by atoms with E-state index in [4.69, 9.17) is 21.1 Å². The van der Waals surface area contributed by atoms with Crippen molar-refractivity contribution in [3.63, 3.8) is 0 Å². The maximum atomic E-state index is 12.7. The van der Waals surface area contributed by atoms with Gasteiger partial charge in [0.25, 0.3) is 5.91 Å². The molecule has 1 aromatic rings. The van der Waals surface area contributed by atoms with Crippen LogP contribution in [0.2, 0.25) is 5.02 Å². The van der Waals surface area contributed by atoms with Crippen LogP contribution in [0.5, 0.6) is 0 Å². The molecule has 0 aliphatic carbocycles. The summed E-state index contributed by atoms with van der Waals surface area (Å²) >= 11 is 6.11. The molecular weight excluding hydrogens is 320 g/mol. The van der Waals surface area contributed by atoms with E-state index in [-0.39, 0.29) is 30.6 Å². The van der Waals surface area contributed by atoms with E-state index in [1.807, 2.05) is 0 Å². The van der Waals surface area contributed by atoms with Crippen molar-refractivity contribution in [1.29, 1.82) is 0 Å². The number of nitrogens with zero attached hydrogens (tertiary/aromatic N) is 2. The summed E-state index contributed by atoms with van der Waals surface area (Å²) in [6.45, 7) is 1.94. The van der Waals surface area contributed by atoms with Crippen LogP contribution in [0.15, 0.2) is 24.3 Å². The van der Waals surface area contributed by atoms with Gasteiger partial charge in [-0.15, -0.1) is 0 Å². The summed E-state index contributed by atoms with van der Waals surface area (Å²) in [6, 6.07) is 6.85. The quantitative estimate of drug-likeness (QED) is 0.823. The van der Waals surface area contributed by atoms with Crippen LogP contribution in [-0.4, -0.2) is 73.7 Å². The van der Waals surface area contributed by atoms with Gasteiger partial charge in [0.1, 0.15) is 6.61 Å². The highest BCUT2D eigenvalue weighted by Gasteiger charge is 2.44. The molecule has 2 heterocycles. The van der Waals surface area contributed by atoms with Crippen LogP contribution in [0.25, 0.3) is 0 Å². The Bertz CT molecular complexity index is 609. The number of likely N-dealkylation sites (tertiary alicyclic amines) is 1. The number of rotatable bonds is 4. The minimum absolute atomic E-state index is 0.0546. The highest BCUT2D eigenvalue weighted by Crippen LogP contribution is 2.26. The summed E-state index contributed by atoms with van der Waals surface area (Å²) in [4.78, 5) is 28.2. The van der Waals surface area contributed by atoms with E-state index < -0.39 is 0 Å². The molecular formula is C16H19ClN2O4. The Morgan fingerprint density at radius 1 is 1.39 bits per heavy atom. The summed E-state index contributed by atoms with van der Waals surface area (Å²) in [7, 11) is 1.60. The minimum atomic E-state index is -0.156. The molecule has 124 valence electrons. The number of ether oxygens (including phenoxy) is 2. The highest BCUT2D eigenvalue weighted by atomic mass is 35.5. The van der Waals surface area contributed by atoms with Gasteiger partial charge >= 0.3 is 0 Å². The molecule has 2 atom stereocenters. The van der Waals surface area contributed by atoms with Gasteiger partial charge in [-0.25, -0.2) is 0 Å². The van der Waals surface area contributed by atoms with Gasteiger partial charge in [0.05, 0.1) is 29.3 Å². The van der Waals surface area contributed by atoms with E-state index in [1.165, 1.54) is 0 Å². The Morgan fingerprint density at radius 3 is 2.91 bits per heavy atom. The molecule has 3 rings (SSSR count). The molecule has 2 saturated heterocycles. The number of carbonyl (C=O) groups excluding carboxylic acids is 2. The lowest BCUT2D eigenvalue weighted by molar-refractivity contribution is -0.153. The molecule has 6 nitrogen and oxygen atoms in total. The maximum absolute atomic E-state index is 12.7. The van der Waals surface area contributed by atoms with Crippen molar-refractivity contribution in [2.24, 2.45) is 0 Å². The lowest BCUT2D eigenvalue weighted by Gasteiger charge is -2.36. The first kappa shape index (κ1) is 16.2. The van der Waals surface area contributed by atoms with Crippen LogP contribution < -0.4 is 0 Å². The van der Waals surface area contributed by atoms with Crippen molar-refractivity contribution in [2.45, 2.75) is 12.1 Å². The molecule has 2 amide bonds. The Balaban J connectivity index is 1.75. The third kappa shape index (κ3) is 3.20. The predicted octanol–water partition coefficient (Wildman–Crippen LogP) is 1.04. The van der Waals surface area contributed by atoms with Gasteiger partial charge in [-0.2, -0.15) is 0 Å². The first-order valence-electron chi connectivity index (χ1n) is 7.55. The number of hydrogen-bond acceptors (Lipinski definition) is 4. The molecule has 0 bridgehead atoms. The summed E-state index contributed by atoms with van der Waals surface area (Å²) in [5.41, 5.74) is 0.475. The van der Waals surface area contributed by atoms with Crippen molar-refractivity contribution in [2.75, 3.05) is 40.0 Å². The highest BCUT2D eigenvalue weighted by molar-refractivity contribution is 6.33. The summed E-state index contributed by atoms with van der Waals surface area (Å²) in [5.74, 6) is -0.192. The van der Waals surface area contributed by atoms with Crippen molar-refractivity contribution < 1.29 is 19.1 Å². The summed E-state index contributed by atoms with van der Waals surface area (Å²) in [6.07, 6.45) is -0.156. The zero-order chi connectivity index (χ0) is 16.4. The van der Waals surface area contributed by atoms with E-state index in [9.17, 15) is 9.59 Å². The van der Waals surface area contributed by atoms with Gasteiger partial charge in [-0.3, -0.25) is 9.59 Å². The molecule has 23 heavy (non-hydrogen) atoms. The lowest BCUT2D eigenvalue weighted by Crippen LogP contribution is -2.54. The molecule has 0 aromatic heterocycles. The molecule has 0 saturated carbocycles. The second kappa shape index (κ2) is 6.86. The van der Waals surface area contributed by atoms with Crippen molar-refractivity contribution >= 4 is 23.4 Å². The summed E-state index contributed by atoms with van der Waals surface area (Å²) < 4.78 is 10.7. The van der Waals surface area contributed by atoms with Gasteiger partial charge in [-0.05, 0) is 12.1 Å². The normalized spacial score (nSPS) is 24.0. The van der Waals surface area contributed by atoms with Gasteiger partial charge in [-0.1, -0.05) is 23.7 Å². The number of amides is 2. The lowest BCUT2D eigenvalue weighted by atomic mass is 10.1. The van der Waals surface area contributed by atoms with E-state index in [0.29, 0.717) is 36.8 Å². The van der Waals surface area contributed by atoms with E-state index in [1.54, 1.807) is 41.2 Å². The molecule has 2 aliphatic heterocycles. The Labute approximate surface area is 139 Å². The molecule has 0 unspecified atom stereocenters. The number of carbonyl (C=O) groups is 2. The Hall–Kier alpha value is -1.63. The van der Waals surface area contributed by atoms with Crippen LogP contribution >= 0.6 is 11.6 Å². The molecule has 2 aliphatic rings. The number of morpholine rings is 1. The van der Waals surface area contributed by atoms with Crippen LogP contribution in [0.1, 0.15) is 10.4 Å². The van der Waals surface area contributed by atoms with Crippen molar-refractivity contribution in [1.82, 2.24) is 9.80 Å². The number of halogens is 1. The fraction of sp³-hybridized carbons (Fsp3) is 0.500. The molecule has 1 aromatic carbocycles. The first-order valence-corrected chi connectivity index (χ1v) is 7.93. The van der Waals surface area contributed by atoms with E-state index in [2.05, 4.69) is 0 Å². The largest absolute Gasteiger partial charge is 0.383 e. The topological polar surface area (TPSA) is 59.1 Å². The molecule has 0 spiro atoms. The molecule has 2 fully saturated rings. The van der Waals surface area contributed by atoms with Crippen LogP contribution in [0.3, 0.4) is 0 Å². The standard InChI is InChI=1S/C16H19ClN2O4/c1-22-7-6-19-13-8-18(9-14(13)23-10-15(19)20)16(21)11-4-2-3-5-12(11)17/h2-5,13-14H,6-10H2,1H3/t13-,14-/m0/s1. The molecule has 7 heteroatoms. The minimum Gasteiger partial charge on any atom is -0.383 e. The smallest absolute Gasteiger partial charge is 0.255 e.